The molecule has 2 rings (SSSR count). The maximum Gasteiger partial charge on any atom is 0.407 e. The van der Waals surface area contributed by atoms with Crippen molar-refractivity contribution in [3.8, 4) is 0 Å². The van der Waals surface area contributed by atoms with E-state index in [4.69, 9.17) is 4.74 Å². The van der Waals surface area contributed by atoms with Gasteiger partial charge in [0.15, 0.2) is 0 Å². The summed E-state index contributed by atoms with van der Waals surface area (Å²) in [6.07, 6.45) is -0.185. The van der Waals surface area contributed by atoms with Gasteiger partial charge in [-0.3, -0.25) is 0 Å². The van der Waals surface area contributed by atoms with Crippen LogP contribution in [0.3, 0.4) is 0 Å². The van der Waals surface area contributed by atoms with E-state index in [1.165, 1.54) is 10.5 Å². The van der Waals surface area contributed by atoms with Gasteiger partial charge in [-0.25, -0.2) is 9.59 Å². The van der Waals surface area contributed by atoms with E-state index in [2.05, 4.69) is 5.32 Å². The number of nitrogens with zero attached hydrogens (tertiary/aromatic N) is 1. The first-order valence-corrected chi connectivity index (χ1v) is 7.79. The molecule has 1 aromatic carbocycles. The molecule has 0 saturated carbocycles. The monoisotopic (exact) mass is 320 g/mol. The van der Waals surface area contributed by atoms with E-state index >= 15 is 0 Å². The third kappa shape index (κ3) is 4.87. The van der Waals surface area contributed by atoms with Gasteiger partial charge in [0.25, 0.3) is 0 Å². The molecule has 0 aliphatic carbocycles. The summed E-state index contributed by atoms with van der Waals surface area (Å²) < 4.78 is 5.18. The van der Waals surface area contributed by atoms with E-state index in [0.717, 1.165) is 5.56 Å². The molecule has 6 heteroatoms. The highest BCUT2D eigenvalue weighted by atomic mass is 16.6. The second-order valence-corrected chi connectivity index (χ2v) is 6.75. The van der Waals surface area contributed by atoms with Crippen molar-refractivity contribution in [1.82, 2.24) is 10.2 Å². The van der Waals surface area contributed by atoms with Crippen LogP contribution in [0.25, 0.3) is 0 Å². The van der Waals surface area contributed by atoms with E-state index in [1.54, 1.807) is 20.8 Å². The molecule has 6 nitrogen and oxygen atoms in total. The quantitative estimate of drug-likeness (QED) is 0.897. The molecule has 0 fully saturated rings. The highest BCUT2D eigenvalue weighted by molar-refractivity contribution is 5.68. The van der Waals surface area contributed by atoms with Crippen molar-refractivity contribution in [2.75, 3.05) is 6.54 Å². The van der Waals surface area contributed by atoms with Crippen LogP contribution < -0.4 is 5.32 Å². The van der Waals surface area contributed by atoms with Gasteiger partial charge in [-0.2, -0.15) is 0 Å². The Morgan fingerprint density at radius 1 is 1.30 bits per heavy atom. The summed E-state index contributed by atoms with van der Waals surface area (Å²) in [6, 6.07) is 7.73. The van der Waals surface area contributed by atoms with Gasteiger partial charge in [0.2, 0.25) is 0 Å². The van der Waals surface area contributed by atoms with Gasteiger partial charge in [0, 0.05) is 19.1 Å². The predicted molar refractivity (Wildman–Crippen MR) is 86.4 cm³/mol. The number of ether oxygens (including phenoxy) is 1. The lowest BCUT2D eigenvalue weighted by Gasteiger charge is -2.35. The lowest BCUT2D eigenvalue weighted by atomic mass is 9.92. The number of benzene rings is 1. The molecule has 0 spiro atoms. The van der Waals surface area contributed by atoms with Crippen molar-refractivity contribution in [2.45, 2.75) is 51.8 Å². The third-order valence-electron chi connectivity index (χ3n) is 3.75. The molecule has 1 aliphatic heterocycles. The lowest BCUT2D eigenvalue weighted by Crippen LogP contribution is -2.45. The van der Waals surface area contributed by atoms with Gasteiger partial charge in [-0.1, -0.05) is 24.3 Å². The minimum Gasteiger partial charge on any atom is -0.465 e. The van der Waals surface area contributed by atoms with E-state index in [9.17, 15) is 14.7 Å². The molecule has 1 aromatic rings. The highest BCUT2D eigenvalue weighted by Crippen LogP contribution is 2.24. The molecule has 1 atom stereocenters. The fourth-order valence-corrected chi connectivity index (χ4v) is 2.72. The number of alkyl carbamates (subject to hydrolysis) is 1. The maximum atomic E-state index is 11.7. The van der Waals surface area contributed by atoms with Crippen LogP contribution in [0, 0.1) is 0 Å². The van der Waals surface area contributed by atoms with Gasteiger partial charge in [0.05, 0.1) is 0 Å². The molecule has 0 bridgehead atoms. The number of hydrogen-bond donors (Lipinski definition) is 2. The summed E-state index contributed by atoms with van der Waals surface area (Å²) in [5.41, 5.74) is 1.68. The Kier molecular flexibility index (Phi) is 5.13. The number of amides is 2. The predicted octanol–water partition coefficient (Wildman–Crippen LogP) is 3.01. The van der Waals surface area contributed by atoms with Gasteiger partial charge in [-0.15, -0.1) is 0 Å². The van der Waals surface area contributed by atoms with Crippen LogP contribution in [-0.4, -0.2) is 40.4 Å². The number of nitrogens with one attached hydrogen (secondary N) is 1. The molecule has 1 aliphatic rings. The van der Waals surface area contributed by atoms with Crippen molar-refractivity contribution >= 4 is 12.2 Å². The minimum absolute atomic E-state index is 0.141. The van der Waals surface area contributed by atoms with E-state index < -0.39 is 17.8 Å². The zero-order valence-electron chi connectivity index (χ0n) is 13.8. The van der Waals surface area contributed by atoms with Gasteiger partial charge in [-0.05, 0) is 44.7 Å². The average Bonchev–Trinajstić information content (AvgIpc) is 2.44. The van der Waals surface area contributed by atoms with E-state index in [-0.39, 0.29) is 6.04 Å². The number of rotatable bonds is 3. The fourth-order valence-electron chi connectivity index (χ4n) is 2.72. The zero-order valence-corrected chi connectivity index (χ0v) is 13.8. The third-order valence-corrected chi connectivity index (χ3v) is 3.75. The van der Waals surface area contributed by atoms with Crippen LogP contribution in [0.1, 0.15) is 38.3 Å². The molecule has 0 unspecified atom stereocenters. The maximum absolute atomic E-state index is 11.7. The van der Waals surface area contributed by atoms with Crippen molar-refractivity contribution < 1.29 is 19.4 Å². The van der Waals surface area contributed by atoms with Crippen molar-refractivity contribution in [2.24, 2.45) is 0 Å². The molecular weight excluding hydrogens is 296 g/mol. The SMILES string of the molecule is CC(C)(C)OC(=O)NCC[C@@H]1Cc2ccccc2CN1C(=O)O. The summed E-state index contributed by atoms with van der Waals surface area (Å²) in [4.78, 5) is 24.6. The molecule has 0 aromatic heterocycles. The number of carbonyl (C=O) groups is 2. The summed E-state index contributed by atoms with van der Waals surface area (Å²) in [6.45, 7) is 6.18. The zero-order chi connectivity index (χ0) is 17.0. The number of fused-ring (bicyclic) bond motifs is 1. The topological polar surface area (TPSA) is 78.9 Å². The first-order valence-electron chi connectivity index (χ1n) is 7.79. The standard InChI is InChI=1S/C17H24N2O4/c1-17(2,3)23-15(20)18-9-8-14-10-12-6-4-5-7-13(12)11-19(14)16(21)22/h4-7,14H,8-11H2,1-3H3,(H,18,20)(H,21,22)/t14-/m1/s1. The van der Waals surface area contributed by atoms with Crippen LogP contribution in [0.4, 0.5) is 9.59 Å². The van der Waals surface area contributed by atoms with Crippen LogP contribution >= 0.6 is 0 Å². The van der Waals surface area contributed by atoms with Crippen LogP contribution in [0.2, 0.25) is 0 Å². The van der Waals surface area contributed by atoms with Crippen molar-refractivity contribution in [3.05, 3.63) is 35.4 Å². The van der Waals surface area contributed by atoms with Crippen LogP contribution in [0.15, 0.2) is 24.3 Å². The Labute approximate surface area is 136 Å². The minimum atomic E-state index is -0.929. The summed E-state index contributed by atoms with van der Waals surface area (Å²) in [7, 11) is 0. The Morgan fingerprint density at radius 3 is 2.57 bits per heavy atom. The Hall–Kier alpha value is -2.24. The Bertz CT molecular complexity index is 580. The van der Waals surface area contributed by atoms with E-state index in [1.807, 2.05) is 24.3 Å². The fraction of sp³-hybridized carbons (Fsp3) is 0.529. The molecule has 0 saturated heterocycles. The average molecular weight is 320 g/mol. The lowest BCUT2D eigenvalue weighted by molar-refractivity contribution is 0.0521. The van der Waals surface area contributed by atoms with Crippen molar-refractivity contribution in [1.29, 1.82) is 0 Å². The summed E-state index contributed by atoms with van der Waals surface area (Å²) in [5, 5.41) is 12.1. The smallest absolute Gasteiger partial charge is 0.407 e. The summed E-state index contributed by atoms with van der Waals surface area (Å²) >= 11 is 0. The molecule has 126 valence electrons. The Morgan fingerprint density at radius 2 is 1.96 bits per heavy atom. The molecule has 1 heterocycles. The largest absolute Gasteiger partial charge is 0.465 e. The molecule has 0 radical (unpaired) electrons. The van der Waals surface area contributed by atoms with Crippen molar-refractivity contribution in [3.63, 3.8) is 0 Å². The second-order valence-electron chi connectivity index (χ2n) is 6.75. The van der Waals surface area contributed by atoms with Crippen LogP contribution in [-0.2, 0) is 17.7 Å². The molecule has 2 N–H and O–H groups in total. The van der Waals surface area contributed by atoms with Gasteiger partial charge in [0.1, 0.15) is 5.60 Å². The van der Waals surface area contributed by atoms with E-state index in [0.29, 0.717) is 25.9 Å². The normalized spacial score (nSPS) is 17.3. The Balaban J connectivity index is 1.93. The second kappa shape index (κ2) is 6.89. The summed E-state index contributed by atoms with van der Waals surface area (Å²) in [5.74, 6) is 0. The van der Waals surface area contributed by atoms with Gasteiger partial charge >= 0.3 is 12.2 Å². The highest BCUT2D eigenvalue weighted by Gasteiger charge is 2.29. The number of carboxylic acid groups (broad SMARTS) is 1. The number of hydrogen-bond acceptors (Lipinski definition) is 3. The first kappa shape index (κ1) is 17.1. The molecular formula is C17H24N2O4. The van der Waals surface area contributed by atoms with Gasteiger partial charge < -0.3 is 20.1 Å². The number of carbonyl (C=O) groups excluding carboxylic acids is 1. The molecule has 2 amide bonds. The van der Waals surface area contributed by atoms with Crippen LogP contribution in [0.5, 0.6) is 0 Å². The first-order chi connectivity index (χ1) is 10.8. The molecule has 23 heavy (non-hydrogen) atoms.